The number of hydrogen-bond acceptors (Lipinski definition) is 1. The molecule has 0 aromatic heterocycles. The standard InChI is InChI=1S/C4H11O2P.Ca/c1-3-7(5,6)4-2;/h3-4H2,1-2H3,(H,5,6);. The van der Waals surface area contributed by atoms with Gasteiger partial charge in [0.1, 0.15) is 0 Å². The van der Waals surface area contributed by atoms with Crippen LogP contribution in [0.2, 0.25) is 0 Å². The Kier molecular flexibility index (Phi) is 7.98. The second-order valence-corrected chi connectivity index (χ2v) is 4.44. The molecule has 2 radical (unpaired) electrons. The first-order valence-corrected chi connectivity index (χ1v) is 4.46. The van der Waals surface area contributed by atoms with Gasteiger partial charge in [0.15, 0.2) is 7.37 Å². The van der Waals surface area contributed by atoms with Crippen LogP contribution in [0.3, 0.4) is 0 Å². The Balaban J connectivity index is 0. The van der Waals surface area contributed by atoms with Gasteiger partial charge in [-0.1, -0.05) is 13.8 Å². The summed E-state index contributed by atoms with van der Waals surface area (Å²) in [6.45, 7) is 3.45. The monoisotopic (exact) mass is 162 g/mol. The Morgan fingerprint density at radius 3 is 1.62 bits per heavy atom. The third kappa shape index (κ3) is 5.58. The van der Waals surface area contributed by atoms with Gasteiger partial charge in [-0.05, 0) is 0 Å². The van der Waals surface area contributed by atoms with Crippen LogP contribution in [0.25, 0.3) is 0 Å². The summed E-state index contributed by atoms with van der Waals surface area (Å²) in [5.41, 5.74) is 0. The molecule has 0 spiro atoms. The predicted octanol–water partition coefficient (Wildman–Crippen LogP) is 0.916. The van der Waals surface area contributed by atoms with Crippen LogP contribution in [0, 0.1) is 0 Å². The van der Waals surface area contributed by atoms with Crippen molar-refractivity contribution in [2.45, 2.75) is 13.8 Å². The average molecular weight is 162 g/mol. The molecule has 2 nitrogen and oxygen atoms in total. The van der Waals surface area contributed by atoms with Gasteiger partial charge in [0, 0.05) is 50.1 Å². The van der Waals surface area contributed by atoms with Crippen molar-refractivity contribution >= 4 is 45.1 Å². The summed E-state index contributed by atoms with van der Waals surface area (Å²) < 4.78 is 10.5. The van der Waals surface area contributed by atoms with Crippen LogP contribution >= 0.6 is 7.37 Å². The van der Waals surface area contributed by atoms with Crippen LogP contribution in [0.1, 0.15) is 13.8 Å². The normalized spacial score (nSPS) is 10.4. The molecular weight excluding hydrogens is 151 g/mol. The van der Waals surface area contributed by atoms with Crippen molar-refractivity contribution in [2.24, 2.45) is 0 Å². The molecule has 0 bridgehead atoms. The summed E-state index contributed by atoms with van der Waals surface area (Å²) in [6, 6.07) is 0. The van der Waals surface area contributed by atoms with E-state index >= 15 is 0 Å². The molecule has 0 saturated heterocycles. The molecule has 1 N–H and O–H groups in total. The molecule has 0 atom stereocenters. The fraction of sp³-hybridized carbons (Fsp3) is 1.00. The van der Waals surface area contributed by atoms with Gasteiger partial charge in [-0.3, -0.25) is 4.57 Å². The molecule has 0 heterocycles. The largest absolute Gasteiger partial charge is 0.344 e. The Labute approximate surface area is 80.1 Å². The summed E-state index contributed by atoms with van der Waals surface area (Å²) in [5.74, 6) is 0. The van der Waals surface area contributed by atoms with Gasteiger partial charge in [0.25, 0.3) is 0 Å². The van der Waals surface area contributed by atoms with E-state index in [1.54, 1.807) is 13.8 Å². The van der Waals surface area contributed by atoms with E-state index in [9.17, 15) is 4.57 Å². The summed E-state index contributed by atoms with van der Waals surface area (Å²) in [7, 11) is -2.65. The maximum Gasteiger partial charge on any atom is 0.200 e. The number of hydrogen-bond donors (Lipinski definition) is 1. The molecule has 0 rings (SSSR count). The van der Waals surface area contributed by atoms with Crippen LogP contribution < -0.4 is 0 Å². The van der Waals surface area contributed by atoms with Crippen LogP contribution in [0.4, 0.5) is 0 Å². The molecule has 8 heavy (non-hydrogen) atoms. The minimum atomic E-state index is -2.65. The maximum atomic E-state index is 10.5. The van der Waals surface area contributed by atoms with Gasteiger partial charge in [-0.25, -0.2) is 0 Å². The van der Waals surface area contributed by atoms with Gasteiger partial charge in [-0.2, -0.15) is 0 Å². The fourth-order valence-electron chi connectivity index (χ4n) is 0.224. The van der Waals surface area contributed by atoms with Crippen LogP contribution in [0.15, 0.2) is 0 Å². The third-order valence-corrected chi connectivity index (χ3v) is 2.96. The van der Waals surface area contributed by atoms with Crippen molar-refractivity contribution in [1.82, 2.24) is 0 Å². The summed E-state index contributed by atoms with van der Waals surface area (Å²) in [5, 5.41) is 0. The zero-order valence-electron chi connectivity index (χ0n) is 5.42. The fourth-order valence-corrected chi connectivity index (χ4v) is 0.671. The van der Waals surface area contributed by atoms with Gasteiger partial charge >= 0.3 is 0 Å². The van der Waals surface area contributed by atoms with Crippen molar-refractivity contribution in [3.8, 4) is 0 Å². The molecule has 0 fully saturated rings. The molecule has 4 heteroatoms. The van der Waals surface area contributed by atoms with E-state index in [0.717, 1.165) is 0 Å². The van der Waals surface area contributed by atoms with Gasteiger partial charge in [0.05, 0.1) is 0 Å². The minimum absolute atomic E-state index is 0. The van der Waals surface area contributed by atoms with Gasteiger partial charge in [0.2, 0.25) is 0 Å². The Morgan fingerprint density at radius 1 is 1.38 bits per heavy atom. The molecule has 0 aromatic carbocycles. The van der Waals surface area contributed by atoms with Crippen molar-refractivity contribution in [3.05, 3.63) is 0 Å². The minimum Gasteiger partial charge on any atom is -0.344 e. The summed E-state index contributed by atoms with van der Waals surface area (Å²) >= 11 is 0. The van der Waals surface area contributed by atoms with Crippen molar-refractivity contribution < 1.29 is 9.46 Å². The molecule has 46 valence electrons. The molecule has 0 unspecified atom stereocenters. The Bertz CT molecular complexity index is 86.0. The van der Waals surface area contributed by atoms with Crippen LogP contribution in [-0.4, -0.2) is 55.0 Å². The Morgan fingerprint density at radius 2 is 1.62 bits per heavy atom. The zero-order chi connectivity index (χ0) is 5.91. The molecular formula is C4H11CaO2P. The van der Waals surface area contributed by atoms with Crippen LogP contribution in [-0.2, 0) is 4.57 Å². The second-order valence-electron chi connectivity index (χ2n) is 1.48. The SMILES string of the molecule is CCP(=O)(O)CC.[Ca]. The van der Waals surface area contributed by atoms with Crippen molar-refractivity contribution in [2.75, 3.05) is 12.3 Å². The van der Waals surface area contributed by atoms with Gasteiger partial charge < -0.3 is 4.89 Å². The van der Waals surface area contributed by atoms with Crippen molar-refractivity contribution in [3.63, 3.8) is 0 Å². The zero-order valence-corrected chi connectivity index (χ0v) is 8.53. The summed E-state index contributed by atoms with van der Waals surface area (Å²) in [4.78, 5) is 8.69. The van der Waals surface area contributed by atoms with Crippen LogP contribution in [0.5, 0.6) is 0 Å². The van der Waals surface area contributed by atoms with E-state index in [-0.39, 0.29) is 37.7 Å². The van der Waals surface area contributed by atoms with E-state index in [1.807, 2.05) is 0 Å². The first-order valence-electron chi connectivity index (χ1n) is 2.43. The quantitative estimate of drug-likeness (QED) is 0.484. The smallest absolute Gasteiger partial charge is 0.200 e. The average Bonchev–Trinajstić information content (AvgIpc) is 1.68. The van der Waals surface area contributed by atoms with E-state index in [1.165, 1.54) is 0 Å². The predicted molar refractivity (Wildman–Crippen MR) is 36.7 cm³/mol. The molecule has 0 aliphatic rings. The molecule has 0 aromatic rings. The molecule has 0 saturated carbocycles. The van der Waals surface area contributed by atoms with Crippen molar-refractivity contribution in [1.29, 1.82) is 0 Å². The van der Waals surface area contributed by atoms with E-state index < -0.39 is 7.37 Å². The molecule has 0 aliphatic heterocycles. The Hall–Kier alpha value is 1.45. The van der Waals surface area contributed by atoms with Gasteiger partial charge in [-0.15, -0.1) is 0 Å². The maximum absolute atomic E-state index is 10.5. The third-order valence-electron chi connectivity index (χ3n) is 0.988. The van der Waals surface area contributed by atoms with E-state index in [2.05, 4.69) is 0 Å². The second kappa shape index (κ2) is 5.25. The van der Waals surface area contributed by atoms with E-state index in [4.69, 9.17) is 4.89 Å². The molecule has 0 aliphatic carbocycles. The molecule has 0 amide bonds. The first-order chi connectivity index (χ1) is 3.12. The van der Waals surface area contributed by atoms with E-state index in [0.29, 0.717) is 12.3 Å². The summed E-state index contributed by atoms with van der Waals surface area (Å²) in [6.07, 6.45) is 0.812. The first kappa shape index (κ1) is 12.2. The number of rotatable bonds is 2. The topological polar surface area (TPSA) is 37.3 Å².